The van der Waals surface area contributed by atoms with Gasteiger partial charge in [0, 0.05) is 11.6 Å². The van der Waals surface area contributed by atoms with Gasteiger partial charge in [-0.25, -0.2) is 9.78 Å². The summed E-state index contributed by atoms with van der Waals surface area (Å²) in [6.45, 7) is 0. The average Bonchev–Trinajstić information content (AvgIpc) is 2.53. The van der Waals surface area contributed by atoms with E-state index < -0.39 is 5.97 Å². The minimum atomic E-state index is -1.10. The van der Waals surface area contributed by atoms with E-state index in [2.05, 4.69) is 4.98 Å². The second-order valence-corrected chi connectivity index (χ2v) is 3.34. The van der Waals surface area contributed by atoms with Gasteiger partial charge in [-0.3, -0.25) is 4.40 Å². The zero-order valence-corrected chi connectivity index (χ0v) is 8.49. The fourth-order valence-corrected chi connectivity index (χ4v) is 1.92. The number of fused-ring (bicyclic) bond motifs is 1. The SMILES string of the molecule is Cl.O=C(O)c1nc2sccn2c1Cl. The van der Waals surface area contributed by atoms with Crippen LogP contribution in [0.3, 0.4) is 0 Å². The molecule has 1 N–H and O–H groups in total. The molecule has 7 heteroatoms. The van der Waals surface area contributed by atoms with E-state index in [-0.39, 0.29) is 23.3 Å². The summed E-state index contributed by atoms with van der Waals surface area (Å²) < 4.78 is 1.54. The molecule has 0 saturated heterocycles. The first-order valence-electron chi connectivity index (χ1n) is 3.04. The molecule has 0 unspecified atom stereocenters. The van der Waals surface area contributed by atoms with Crippen molar-refractivity contribution >= 4 is 46.3 Å². The molecule has 0 amide bonds. The number of carbonyl (C=O) groups is 1. The van der Waals surface area contributed by atoms with Gasteiger partial charge in [-0.2, -0.15) is 0 Å². The Bertz CT molecular complexity index is 450. The fourth-order valence-electron chi connectivity index (χ4n) is 0.894. The normalized spacial score (nSPS) is 9.92. The number of halogens is 2. The molecular formula is C6H4Cl2N2O2S. The van der Waals surface area contributed by atoms with Gasteiger partial charge in [0.1, 0.15) is 5.15 Å². The van der Waals surface area contributed by atoms with Crippen LogP contribution >= 0.6 is 35.3 Å². The van der Waals surface area contributed by atoms with E-state index in [9.17, 15) is 4.79 Å². The lowest BCUT2D eigenvalue weighted by atomic mass is 10.5. The van der Waals surface area contributed by atoms with Crippen molar-refractivity contribution in [3.8, 4) is 0 Å². The smallest absolute Gasteiger partial charge is 0.357 e. The monoisotopic (exact) mass is 238 g/mol. The maximum atomic E-state index is 10.5. The van der Waals surface area contributed by atoms with Crippen molar-refractivity contribution in [2.45, 2.75) is 0 Å². The number of carboxylic acid groups (broad SMARTS) is 1. The highest BCUT2D eigenvalue weighted by Gasteiger charge is 2.16. The van der Waals surface area contributed by atoms with E-state index in [1.54, 1.807) is 11.6 Å². The molecule has 13 heavy (non-hydrogen) atoms. The van der Waals surface area contributed by atoms with E-state index in [0.29, 0.717) is 4.96 Å². The Labute approximate surface area is 88.2 Å². The minimum Gasteiger partial charge on any atom is -0.476 e. The summed E-state index contributed by atoms with van der Waals surface area (Å²) in [5.41, 5.74) is -0.0940. The first kappa shape index (κ1) is 10.3. The lowest BCUT2D eigenvalue weighted by molar-refractivity contribution is 0.0691. The van der Waals surface area contributed by atoms with E-state index in [1.807, 2.05) is 0 Å². The summed E-state index contributed by atoms with van der Waals surface area (Å²) in [6, 6.07) is 0. The molecule has 0 spiro atoms. The topological polar surface area (TPSA) is 54.6 Å². The molecule has 2 heterocycles. The summed E-state index contributed by atoms with van der Waals surface area (Å²) in [7, 11) is 0. The third-order valence-electron chi connectivity index (χ3n) is 1.41. The molecular weight excluding hydrogens is 235 g/mol. The Morgan fingerprint density at radius 3 is 2.92 bits per heavy atom. The van der Waals surface area contributed by atoms with Crippen molar-refractivity contribution in [2.75, 3.05) is 0 Å². The molecule has 2 aromatic rings. The van der Waals surface area contributed by atoms with Gasteiger partial charge >= 0.3 is 5.97 Å². The third kappa shape index (κ3) is 1.50. The third-order valence-corrected chi connectivity index (χ3v) is 2.52. The zero-order chi connectivity index (χ0) is 8.72. The number of imidazole rings is 1. The molecule has 0 fully saturated rings. The quantitative estimate of drug-likeness (QED) is 0.829. The van der Waals surface area contributed by atoms with Crippen LogP contribution in [-0.4, -0.2) is 20.5 Å². The summed E-state index contributed by atoms with van der Waals surface area (Å²) in [5.74, 6) is -1.10. The van der Waals surface area contributed by atoms with Gasteiger partial charge < -0.3 is 5.11 Å². The standard InChI is InChI=1S/C6H3ClN2O2S.ClH/c7-4-3(5(10)11)8-6-9(4)1-2-12-6;/h1-2H,(H,10,11);1H. The lowest BCUT2D eigenvalue weighted by Crippen LogP contribution is -1.96. The summed E-state index contributed by atoms with van der Waals surface area (Å²) >= 11 is 7.06. The van der Waals surface area contributed by atoms with Gasteiger partial charge in [0.25, 0.3) is 0 Å². The summed E-state index contributed by atoms with van der Waals surface area (Å²) in [4.78, 5) is 15.0. The van der Waals surface area contributed by atoms with Crippen LogP contribution in [0.25, 0.3) is 4.96 Å². The molecule has 0 radical (unpaired) electrons. The van der Waals surface area contributed by atoms with Crippen LogP contribution in [-0.2, 0) is 0 Å². The summed E-state index contributed by atoms with van der Waals surface area (Å²) in [5, 5.41) is 10.6. The highest BCUT2D eigenvalue weighted by Crippen LogP contribution is 2.21. The first-order chi connectivity index (χ1) is 5.70. The van der Waals surface area contributed by atoms with E-state index in [1.165, 1.54) is 15.7 Å². The Morgan fingerprint density at radius 2 is 2.38 bits per heavy atom. The molecule has 2 rings (SSSR count). The largest absolute Gasteiger partial charge is 0.476 e. The number of hydrogen-bond donors (Lipinski definition) is 1. The van der Waals surface area contributed by atoms with Gasteiger partial charge in [-0.05, 0) is 0 Å². The predicted octanol–water partition coefficient (Wildman–Crippen LogP) is 2.17. The number of rotatable bonds is 1. The van der Waals surface area contributed by atoms with Gasteiger partial charge in [0.2, 0.25) is 0 Å². The Balaban J connectivity index is 0.000000845. The fraction of sp³-hybridized carbons (Fsp3) is 0. The number of nitrogens with zero attached hydrogens (tertiary/aromatic N) is 2. The van der Waals surface area contributed by atoms with Crippen molar-refractivity contribution in [1.82, 2.24) is 9.38 Å². The maximum Gasteiger partial charge on any atom is 0.357 e. The van der Waals surface area contributed by atoms with Crippen LogP contribution < -0.4 is 0 Å². The molecule has 2 aromatic heterocycles. The average molecular weight is 239 g/mol. The highest BCUT2D eigenvalue weighted by atomic mass is 35.5. The van der Waals surface area contributed by atoms with Crippen LogP contribution in [0.1, 0.15) is 10.5 Å². The van der Waals surface area contributed by atoms with Crippen molar-refractivity contribution in [3.05, 3.63) is 22.4 Å². The Morgan fingerprint density at radius 1 is 1.69 bits per heavy atom. The predicted molar refractivity (Wildman–Crippen MR) is 52.3 cm³/mol. The molecule has 0 aliphatic carbocycles. The van der Waals surface area contributed by atoms with Crippen LogP contribution in [0.15, 0.2) is 11.6 Å². The van der Waals surface area contributed by atoms with Crippen molar-refractivity contribution in [2.24, 2.45) is 0 Å². The molecule has 0 saturated carbocycles. The highest BCUT2D eigenvalue weighted by molar-refractivity contribution is 7.15. The molecule has 70 valence electrons. The van der Waals surface area contributed by atoms with Gasteiger partial charge in [-0.1, -0.05) is 11.6 Å². The first-order valence-corrected chi connectivity index (χ1v) is 4.30. The van der Waals surface area contributed by atoms with Crippen LogP contribution in [0.2, 0.25) is 5.15 Å². The van der Waals surface area contributed by atoms with Crippen LogP contribution in [0.4, 0.5) is 0 Å². The number of hydrogen-bond acceptors (Lipinski definition) is 3. The van der Waals surface area contributed by atoms with Crippen LogP contribution in [0.5, 0.6) is 0 Å². The van der Waals surface area contributed by atoms with E-state index in [4.69, 9.17) is 16.7 Å². The number of carboxylic acids is 1. The number of aromatic carboxylic acids is 1. The van der Waals surface area contributed by atoms with Crippen molar-refractivity contribution < 1.29 is 9.90 Å². The van der Waals surface area contributed by atoms with E-state index >= 15 is 0 Å². The van der Waals surface area contributed by atoms with Crippen molar-refractivity contribution in [3.63, 3.8) is 0 Å². The van der Waals surface area contributed by atoms with Gasteiger partial charge in [0.15, 0.2) is 10.7 Å². The van der Waals surface area contributed by atoms with E-state index in [0.717, 1.165) is 0 Å². The molecule has 0 aliphatic heterocycles. The lowest BCUT2D eigenvalue weighted by Gasteiger charge is -1.86. The van der Waals surface area contributed by atoms with Gasteiger partial charge in [0.05, 0.1) is 0 Å². The summed E-state index contributed by atoms with van der Waals surface area (Å²) in [6.07, 6.45) is 1.68. The Kier molecular flexibility index (Phi) is 2.80. The molecule has 0 aromatic carbocycles. The Hall–Kier alpha value is -0.780. The second-order valence-electron chi connectivity index (χ2n) is 2.11. The molecule has 0 bridgehead atoms. The maximum absolute atomic E-state index is 10.5. The zero-order valence-electron chi connectivity index (χ0n) is 6.10. The molecule has 0 atom stereocenters. The van der Waals surface area contributed by atoms with Crippen molar-refractivity contribution in [1.29, 1.82) is 0 Å². The van der Waals surface area contributed by atoms with Gasteiger partial charge in [-0.15, -0.1) is 23.7 Å². The molecule has 4 nitrogen and oxygen atoms in total. The number of thiazole rings is 1. The van der Waals surface area contributed by atoms with Crippen LogP contribution in [0, 0.1) is 0 Å². The second kappa shape index (κ2) is 3.53. The minimum absolute atomic E-state index is 0. The number of aromatic nitrogens is 2. The molecule has 0 aliphatic rings.